The fourth-order valence-electron chi connectivity index (χ4n) is 4.76. The number of halogens is 1. The minimum atomic E-state index is -1.37. The Morgan fingerprint density at radius 3 is 2.53 bits per heavy atom. The molecule has 1 fully saturated rings. The Kier molecular flexibility index (Phi) is 5.95. The molecule has 2 aromatic rings. The van der Waals surface area contributed by atoms with Gasteiger partial charge < -0.3 is 25.0 Å². The zero-order chi connectivity index (χ0) is 23.0. The number of rotatable bonds is 3. The average Bonchev–Trinajstić information content (AvgIpc) is 2.72. The van der Waals surface area contributed by atoms with Crippen LogP contribution in [0.4, 0.5) is 16.2 Å². The molecule has 2 aromatic carbocycles. The van der Waals surface area contributed by atoms with Crippen LogP contribution in [0.3, 0.4) is 0 Å². The van der Waals surface area contributed by atoms with Crippen LogP contribution in [-0.2, 0) is 11.2 Å². The summed E-state index contributed by atoms with van der Waals surface area (Å²) in [7, 11) is 0. The Hall–Kier alpha value is -2.93. The third-order valence-corrected chi connectivity index (χ3v) is 6.57. The lowest BCUT2D eigenvalue weighted by molar-refractivity contribution is -0.129. The van der Waals surface area contributed by atoms with Crippen LogP contribution < -0.4 is 15.0 Å². The van der Waals surface area contributed by atoms with Crippen LogP contribution in [0.5, 0.6) is 5.75 Å². The smallest absolute Gasteiger partial charge is 0.449 e. The zero-order valence-corrected chi connectivity index (χ0v) is 19.3. The van der Waals surface area contributed by atoms with E-state index in [0.29, 0.717) is 10.7 Å². The van der Waals surface area contributed by atoms with E-state index >= 15 is 0 Å². The summed E-state index contributed by atoms with van der Waals surface area (Å²) in [6, 6.07) is 11.8. The number of carbonyl (C=O) groups is 2. The monoisotopic (exact) mass is 457 g/mol. The number of nitrogens with zero attached hydrogens (tertiary/aromatic N) is 2. The van der Waals surface area contributed by atoms with Gasteiger partial charge in [-0.3, -0.25) is 4.79 Å². The van der Waals surface area contributed by atoms with Crippen LogP contribution in [0.2, 0.25) is 5.02 Å². The number of piperazine rings is 1. The molecule has 1 amide bonds. The maximum atomic E-state index is 11.6. The lowest BCUT2D eigenvalue weighted by Gasteiger charge is -2.42. The van der Waals surface area contributed by atoms with Gasteiger partial charge in [0.2, 0.25) is 5.91 Å². The molecule has 2 aliphatic heterocycles. The summed E-state index contributed by atoms with van der Waals surface area (Å²) in [5, 5.41) is 13.1. The van der Waals surface area contributed by atoms with Crippen molar-refractivity contribution in [2.24, 2.45) is 5.41 Å². The second-order valence-corrected chi connectivity index (χ2v) is 9.57. The summed E-state index contributed by atoms with van der Waals surface area (Å²) in [4.78, 5) is 27.0. The lowest BCUT2D eigenvalue weighted by Crippen LogP contribution is -2.48. The van der Waals surface area contributed by atoms with E-state index in [1.54, 1.807) is 6.92 Å². The number of carboxylic acid groups (broad SMARTS) is 1. The van der Waals surface area contributed by atoms with Crippen molar-refractivity contribution in [3.05, 3.63) is 52.5 Å². The number of benzene rings is 2. The summed E-state index contributed by atoms with van der Waals surface area (Å²) < 4.78 is 5.02. The van der Waals surface area contributed by atoms with Gasteiger partial charge in [-0.05, 0) is 41.2 Å². The fourth-order valence-corrected chi connectivity index (χ4v) is 4.99. The SMILES string of the molecule is CC(=O)N1CCN(c2cccc(C3Nc4c(cc(Cl)cc4OC(=O)O)CC3(C)C)c2)CC1. The Labute approximate surface area is 192 Å². The van der Waals surface area contributed by atoms with Crippen molar-refractivity contribution < 1.29 is 19.4 Å². The molecule has 4 rings (SSSR count). The third kappa shape index (κ3) is 4.48. The van der Waals surface area contributed by atoms with Gasteiger partial charge in [-0.15, -0.1) is 0 Å². The van der Waals surface area contributed by atoms with Gasteiger partial charge in [0.25, 0.3) is 0 Å². The quantitative estimate of drug-likeness (QED) is 0.509. The molecular weight excluding hydrogens is 430 g/mol. The van der Waals surface area contributed by atoms with Crippen LogP contribution in [0, 0.1) is 5.41 Å². The summed E-state index contributed by atoms with van der Waals surface area (Å²) >= 11 is 6.22. The largest absolute Gasteiger partial charge is 0.511 e. The standard InChI is InChI=1S/C24H28ClN3O4/c1-15(29)27-7-9-28(10-8-27)19-6-4-5-16(12-19)22-24(2,3)14-17-11-18(25)13-20(21(17)26-22)32-23(30)31/h4-6,11-13,22,26H,7-10,14H2,1-3H3,(H,30,31). The molecule has 0 bridgehead atoms. The maximum absolute atomic E-state index is 11.6. The molecule has 0 radical (unpaired) electrons. The van der Waals surface area contributed by atoms with Gasteiger partial charge >= 0.3 is 6.16 Å². The summed E-state index contributed by atoms with van der Waals surface area (Å²) in [6.07, 6.45) is -0.651. The Bertz CT molecular complexity index is 1050. The van der Waals surface area contributed by atoms with Crippen LogP contribution in [-0.4, -0.2) is 48.2 Å². The molecular formula is C24H28ClN3O4. The van der Waals surface area contributed by atoms with Gasteiger partial charge in [-0.25, -0.2) is 4.79 Å². The summed E-state index contributed by atoms with van der Waals surface area (Å²) in [6.45, 7) is 9.01. The second kappa shape index (κ2) is 8.54. The van der Waals surface area contributed by atoms with Crippen LogP contribution >= 0.6 is 11.6 Å². The van der Waals surface area contributed by atoms with Crippen molar-refractivity contribution in [2.75, 3.05) is 36.4 Å². The topological polar surface area (TPSA) is 82.1 Å². The molecule has 8 heteroatoms. The first kappa shape index (κ1) is 22.3. The van der Waals surface area contributed by atoms with E-state index in [1.165, 1.54) is 6.07 Å². The van der Waals surface area contributed by atoms with Crippen molar-refractivity contribution in [2.45, 2.75) is 33.2 Å². The lowest BCUT2D eigenvalue weighted by atomic mass is 9.73. The Balaban J connectivity index is 1.63. The predicted octanol–water partition coefficient (Wildman–Crippen LogP) is 4.80. The molecule has 7 nitrogen and oxygen atoms in total. The molecule has 0 saturated carbocycles. The maximum Gasteiger partial charge on any atom is 0.511 e. The number of fused-ring (bicyclic) bond motifs is 1. The van der Waals surface area contributed by atoms with Crippen molar-refractivity contribution in [3.63, 3.8) is 0 Å². The molecule has 0 aromatic heterocycles. The van der Waals surface area contributed by atoms with E-state index in [-0.39, 0.29) is 23.1 Å². The highest BCUT2D eigenvalue weighted by Gasteiger charge is 2.38. The fraction of sp³-hybridized carbons (Fsp3) is 0.417. The summed E-state index contributed by atoms with van der Waals surface area (Å²) in [5.74, 6) is 0.335. The molecule has 1 saturated heterocycles. The van der Waals surface area contributed by atoms with E-state index in [9.17, 15) is 9.59 Å². The highest BCUT2D eigenvalue weighted by molar-refractivity contribution is 6.31. The van der Waals surface area contributed by atoms with E-state index < -0.39 is 6.16 Å². The van der Waals surface area contributed by atoms with Crippen LogP contribution in [0.15, 0.2) is 36.4 Å². The number of amides is 1. The first-order valence-corrected chi connectivity index (χ1v) is 11.1. The van der Waals surface area contributed by atoms with Crippen molar-refractivity contribution in [3.8, 4) is 5.75 Å². The highest BCUT2D eigenvalue weighted by Crippen LogP contribution is 2.49. The average molecular weight is 458 g/mol. The molecule has 2 heterocycles. The number of hydrogen-bond donors (Lipinski definition) is 2. The molecule has 170 valence electrons. The van der Waals surface area contributed by atoms with Gasteiger partial charge in [-0.1, -0.05) is 37.6 Å². The van der Waals surface area contributed by atoms with Gasteiger partial charge in [0.05, 0.1) is 11.7 Å². The number of ether oxygens (including phenoxy) is 1. The summed E-state index contributed by atoms with van der Waals surface area (Å²) in [5.41, 5.74) is 3.69. The highest BCUT2D eigenvalue weighted by atomic mass is 35.5. The van der Waals surface area contributed by atoms with Gasteiger partial charge in [0.1, 0.15) is 0 Å². The Morgan fingerprint density at radius 2 is 1.88 bits per heavy atom. The van der Waals surface area contributed by atoms with Gasteiger partial charge in [0.15, 0.2) is 5.75 Å². The predicted molar refractivity (Wildman–Crippen MR) is 125 cm³/mol. The third-order valence-electron chi connectivity index (χ3n) is 6.36. The molecule has 1 atom stereocenters. The van der Waals surface area contributed by atoms with Crippen molar-refractivity contribution >= 4 is 35.0 Å². The van der Waals surface area contributed by atoms with E-state index in [0.717, 1.165) is 49.4 Å². The van der Waals surface area contributed by atoms with Gasteiger partial charge in [-0.2, -0.15) is 0 Å². The second-order valence-electron chi connectivity index (χ2n) is 9.14. The molecule has 0 spiro atoms. The number of anilines is 2. The molecule has 32 heavy (non-hydrogen) atoms. The van der Waals surface area contributed by atoms with E-state index in [1.807, 2.05) is 17.0 Å². The van der Waals surface area contributed by atoms with Gasteiger partial charge in [0, 0.05) is 49.9 Å². The van der Waals surface area contributed by atoms with Crippen molar-refractivity contribution in [1.29, 1.82) is 0 Å². The first-order valence-electron chi connectivity index (χ1n) is 10.7. The number of hydrogen-bond acceptors (Lipinski definition) is 5. The minimum absolute atomic E-state index is 0.0502. The normalized spacial score (nSPS) is 19.7. The van der Waals surface area contributed by atoms with Crippen molar-refractivity contribution in [1.82, 2.24) is 4.90 Å². The zero-order valence-electron chi connectivity index (χ0n) is 18.5. The minimum Gasteiger partial charge on any atom is -0.449 e. The molecule has 2 aliphatic rings. The molecule has 1 unspecified atom stereocenters. The molecule has 0 aliphatic carbocycles. The van der Waals surface area contributed by atoms with E-state index in [2.05, 4.69) is 42.3 Å². The number of nitrogens with one attached hydrogen (secondary N) is 1. The van der Waals surface area contributed by atoms with Crippen LogP contribution in [0.25, 0.3) is 0 Å². The van der Waals surface area contributed by atoms with E-state index in [4.69, 9.17) is 21.4 Å². The number of carbonyl (C=O) groups excluding carboxylic acids is 1. The van der Waals surface area contributed by atoms with Crippen LogP contribution in [0.1, 0.15) is 37.9 Å². The first-order chi connectivity index (χ1) is 15.1. The Morgan fingerprint density at radius 1 is 1.16 bits per heavy atom. The molecule has 2 N–H and O–H groups in total.